The molecule has 0 bridgehead atoms. The van der Waals surface area contributed by atoms with Crippen LogP contribution in [-0.2, 0) is 6.61 Å². The second-order valence-electron chi connectivity index (χ2n) is 4.86. The Balaban J connectivity index is 2.09. The van der Waals surface area contributed by atoms with Crippen LogP contribution in [-0.4, -0.2) is 18.4 Å². The van der Waals surface area contributed by atoms with Crippen LogP contribution in [0.15, 0.2) is 47.6 Å². The number of ether oxygens (including phenoxy) is 2. The van der Waals surface area contributed by atoms with Crippen molar-refractivity contribution in [3.8, 4) is 11.5 Å². The van der Waals surface area contributed by atoms with Crippen molar-refractivity contribution in [2.45, 2.75) is 13.5 Å². The zero-order valence-corrected chi connectivity index (χ0v) is 13.9. The van der Waals surface area contributed by atoms with E-state index in [4.69, 9.17) is 15.2 Å². The van der Waals surface area contributed by atoms with Crippen LogP contribution in [0.1, 0.15) is 16.7 Å². The van der Waals surface area contributed by atoms with Crippen LogP contribution in [0.3, 0.4) is 0 Å². The lowest BCUT2D eigenvalue weighted by Crippen LogP contribution is -2.23. The van der Waals surface area contributed by atoms with Gasteiger partial charge in [0, 0.05) is 0 Å². The molecule has 2 aromatic carbocycles. The molecule has 120 valence electrons. The molecule has 0 saturated carbocycles. The number of thiocarbonyl (C=S) groups is 1. The molecule has 2 aromatic rings. The van der Waals surface area contributed by atoms with Gasteiger partial charge >= 0.3 is 0 Å². The molecule has 0 aromatic heterocycles. The van der Waals surface area contributed by atoms with Gasteiger partial charge in [-0.05, 0) is 54.0 Å². The molecule has 6 heteroatoms. The van der Waals surface area contributed by atoms with Gasteiger partial charge in [-0.3, -0.25) is 5.43 Å². The second kappa shape index (κ2) is 8.14. The Bertz CT molecular complexity index is 717. The normalized spacial score (nSPS) is 10.5. The summed E-state index contributed by atoms with van der Waals surface area (Å²) in [7, 11) is 1.60. The molecule has 0 radical (unpaired) electrons. The molecule has 0 spiro atoms. The molecule has 0 aliphatic carbocycles. The standard InChI is InChI=1S/C17H19N3O2S/c1-12-5-3-4-6-14(12)11-22-15-8-7-13(9-16(15)21-2)10-19-20-17(18)23/h3-10H,11H2,1-2H3,(H3,18,20,23)/b19-10-. The van der Waals surface area contributed by atoms with Crippen molar-refractivity contribution in [1.82, 2.24) is 5.43 Å². The Morgan fingerprint density at radius 3 is 2.74 bits per heavy atom. The fourth-order valence-corrected chi connectivity index (χ4v) is 2.03. The summed E-state index contributed by atoms with van der Waals surface area (Å²) in [5.41, 5.74) is 11.0. The third kappa shape index (κ3) is 4.96. The van der Waals surface area contributed by atoms with Crippen LogP contribution in [0.2, 0.25) is 0 Å². The average molecular weight is 329 g/mol. The number of hydrazone groups is 1. The Kier molecular flexibility index (Phi) is 5.94. The number of hydrogen-bond acceptors (Lipinski definition) is 4. The first kappa shape index (κ1) is 16.8. The molecule has 5 nitrogen and oxygen atoms in total. The minimum atomic E-state index is 0.117. The number of rotatable bonds is 6. The molecule has 0 unspecified atom stereocenters. The fourth-order valence-electron chi connectivity index (χ4n) is 1.98. The van der Waals surface area contributed by atoms with Gasteiger partial charge in [-0.15, -0.1) is 0 Å². The lowest BCUT2D eigenvalue weighted by Gasteiger charge is -2.12. The fraction of sp³-hybridized carbons (Fsp3) is 0.176. The molecule has 0 heterocycles. The van der Waals surface area contributed by atoms with Crippen molar-refractivity contribution < 1.29 is 9.47 Å². The molecule has 0 fully saturated rings. The van der Waals surface area contributed by atoms with E-state index in [1.165, 1.54) is 5.56 Å². The van der Waals surface area contributed by atoms with Crippen LogP contribution in [0.25, 0.3) is 0 Å². The Morgan fingerprint density at radius 2 is 2.04 bits per heavy atom. The van der Waals surface area contributed by atoms with E-state index in [1.807, 2.05) is 36.4 Å². The first-order valence-corrected chi connectivity index (χ1v) is 7.45. The number of hydrogen-bond donors (Lipinski definition) is 2. The van der Waals surface area contributed by atoms with Crippen molar-refractivity contribution in [3.63, 3.8) is 0 Å². The van der Waals surface area contributed by atoms with Crippen molar-refractivity contribution in [1.29, 1.82) is 0 Å². The van der Waals surface area contributed by atoms with E-state index in [1.54, 1.807) is 13.3 Å². The van der Waals surface area contributed by atoms with E-state index in [0.29, 0.717) is 18.1 Å². The summed E-state index contributed by atoms with van der Waals surface area (Å²) in [5.74, 6) is 1.31. The van der Waals surface area contributed by atoms with Gasteiger partial charge in [0.2, 0.25) is 0 Å². The number of benzene rings is 2. The average Bonchev–Trinajstić information content (AvgIpc) is 2.54. The summed E-state index contributed by atoms with van der Waals surface area (Å²) in [6, 6.07) is 13.7. The second-order valence-corrected chi connectivity index (χ2v) is 5.30. The van der Waals surface area contributed by atoms with Gasteiger partial charge < -0.3 is 15.2 Å². The van der Waals surface area contributed by atoms with Crippen molar-refractivity contribution in [2.75, 3.05) is 7.11 Å². The van der Waals surface area contributed by atoms with Crippen LogP contribution in [0, 0.1) is 6.92 Å². The third-order valence-corrected chi connectivity index (χ3v) is 3.31. The molecule has 0 atom stereocenters. The van der Waals surface area contributed by atoms with E-state index >= 15 is 0 Å². The van der Waals surface area contributed by atoms with E-state index < -0.39 is 0 Å². The summed E-state index contributed by atoms with van der Waals surface area (Å²) >= 11 is 4.68. The highest BCUT2D eigenvalue weighted by Crippen LogP contribution is 2.28. The highest BCUT2D eigenvalue weighted by atomic mass is 32.1. The van der Waals surface area contributed by atoms with Gasteiger partial charge in [0.1, 0.15) is 6.61 Å². The van der Waals surface area contributed by atoms with E-state index in [0.717, 1.165) is 11.1 Å². The minimum Gasteiger partial charge on any atom is -0.493 e. The minimum absolute atomic E-state index is 0.117. The Morgan fingerprint density at radius 1 is 1.26 bits per heavy atom. The summed E-state index contributed by atoms with van der Waals surface area (Å²) in [5, 5.41) is 4.03. The number of aryl methyl sites for hydroxylation is 1. The SMILES string of the molecule is COc1cc(/C=N\NC(N)=S)ccc1OCc1ccccc1C. The molecule has 0 saturated heterocycles. The molecular weight excluding hydrogens is 310 g/mol. The maximum absolute atomic E-state index is 5.87. The van der Waals surface area contributed by atoms with Gasteiger partial charge in [0.25, 0.3) is 0 Å². The summed E-state index contributed by atoms with van der Waals surface area (Å²) in [6.45, 7) is 2.55. The predicted molar refractivity (Wildman–Crippen MR) is 96.0 cm³/mol. The van der Waals surface area contributed by atoms with Crippen molar-refractivity contribution in [2.24, 2.45) is 10.8 Å². The van der Waals surface area contributed by atoms with E-state index in [2.05, 4.69) is 35.7 Å². The lowest BCUT2D eigenvalue weighted by molar-refractivity contribution is 0.284. The topological polar surface area (TPSA) is 68.9 Å². The van der Waals surface area contributed by atoms with E-state index in [9.17, 15) is 0 Å². The molecule has 0 aliphatic heterocycles. The van der Waals surface area contributed by atoms with Crippen LogP contribution >= 0.6 is 12.2 Å². The highest BCUT2D eigenvalue weighted by Gasteiger charge is 2.06. The van der Waals surface area contributed by atoms with Crippen molar-refractivity contribution in [3.05, 3.63) is 59.2 Å². The molecular formula is C17H19N3O2S. The van der Waals surface area contributed by atoms with Gasteiger partial charge in [0.05, 0.1) is 13.3 Å². The highest BCUT2D eigenvalue weighted by molar-refractivity contribution is 7.80. The summed E-state index contributed by atoms with van der Waals surface area (Å²) < 4.78 is 11.2. The number of methoxy groups -OCH3 is 1. The zero-order chi connectivity index (χ0) is 16.7. The third-order valence-electron chi connectivity index (χ3n) is 3.22. The Labute approximate surface area is 141 Å². The van der Waals surface area contributed by atoms with Crippen molar-refractivity contribution >= 4 is 23.5 Å². The predicted octanol–water partition coefficient (Wildman–Crippen LogP) is 2.75. The van der Waals surface area contributed by atoms with Gasteiger partial charge in [-0.1, -0.05) is 24.3 Å². The maximum atomic E-state index is 5.87. The first-order valence-electron chi connectivity index (χ1n) is 7.04. The smallest absolute Gasteiger partial charge is 0.184 e. The molecule has 0 aliphatic rings. The van der Waals surface area contributed by atoms with Crippen LogP contribution in [0.4, 0.5) is 0 Å². The molecule has 0 amide bonds. The number of nitrogens with two attached hydrogens (primary N) is 1. The monoisotopic (exact) mass is 329 g/mol. The summed E-state index contributed by atoms with van der Waals surface area (Å²) in [4.78, 5) is 0. The first-order chi connectivity index (χ1) is 11.1. The van der Waals surface area contributed by atoms with Gasteiger partial charge in [-0.25, -0.2) is 0 Å². The zero-order valence-electron chi connectivity index (χ0n) is 13.1. The largest absolute Gasteiger partial charge is 0.493 e. The molecule has 23 heavy (non-hydrogen) atoms. The van der Waals surface area contributed by atoms with Crippen LogP contribution < -0.4 is 20.6 Å². The van der Waals surface area contributed by atoms with Gasteiger partial charge in [0.15, 0.2) is 16.6 Å². The Hall–Kier alpha value is -2.60. The number of nitrogens with one attached hydrogen (secondary N) is 1. The van der Waals surface area contributed by atoms with Gasteiger partial charge in [-0.2, -0.15) is 5.10 Å². The quantitative estimate of drug-likeness (QED) is 0.484. The maximum Gasteiger partial charge on any atom is 0.184 e. The summed E-state index contributed by atoms with van der Waals surface area (Å²) in [6.07, 6.45) is 1.60. The van der Waals surface area contributed by atoms with E-state index in [-0.39, 0.29) is 5.11 Å². The lowest BCUT2D eigenvalue weighted by atomic mass is 10.1. The molecule has 3 N–H and O–H groups in total. The molecule has 2 rings (SSSR count). The number of nitrogens with zero attached hydrogens (tertiary/aromatic N) is 1. The van der Waals surface area contributed by atoms with Crippen LogP contribution in [0.5, 0.6) is 11.5 Å².